The Hall–Kier alpha value is -3.82. The highest BCUT2D eigenvalue weighted by Crippen LogP contribution is 2.40. The van der Waals surface area contributed by atoms with Crippen molar-refractivity contribution in [1.29, 1.82) is 5.26 Å². The molecule has 1 aromatic heterocycles. The van der Waals surface area contributed by atoms with Crippen LogP contribution in [-0.4, -0.2) is 39.3 Å². The molecule has 1 aliphatic heterocycles. The van der Waals surface area contributed by atoms with Crippen molar-refractivity contribution >= 4 is 45.0 Å². The maximum Gasteiger partial charge on any atom is 0.224 e. The molecule has 1 fully saturated rings. The number of amides is 1. The minimum Gasteiger partial charge on any atom is -0.321 e. The van der Waals surface area contributed by atoms with Crippen molar-refractivity contribution in [2.75, 3.05) is 6.54 Å². The fraction of sp³-hybridized carbons (Fsp3) is 0.290. The van der Waals surface area contributed by atoms with Gasteiger partial charge < -0.3 is 4.90 Å². The molecule has 38 heavy (non-hydrogen) atoms. The lowest BCUT2D eigenvalue weighted by atomic mass is 9.90. The minimum absolute atomic E-state index is 0.0216. The number of nitriles is 1. The summed E-state index contributed by atoms with van der Waals surface area (Å²) >= 11 is 6.12. The van der Waals surface area contributed by atoms with E-state index in [1.165, 1.54) is 11.8 Å². The maximum atomic E-state index is 14.8. The number of carbonyl (C=O) groups excluding carboxylic acids is 2. The summed E-state index contributed by atoms with van der Waals surface area (Å²) < 4.78 is 14.8. The quantitative estimate of drug-likeness (QED) is 0.246. The van der Waals surface area contributed by atoms with E-state index in [1.54, 1.807) is 19.2 Å². The number of hydrogen-bond acceptors (Lipinski definition) is 4. The molecule has 7 heteroatoms. The van der Waals surface area contributed by atoms with E-state index in [9.17, 15) is 19.2 Å². The molecule has 3 aromatic carbocycles. The van der Waals surface area contributed by atoms with E-state index in [0.717, 1.165) is 21.9 Å². The number of Topliss-reactive ketones (excluding diaryl/α,β-unsaturated/α-hetero) is 1. The number of hydrogen-bond donors (Lipinski definition) is 0. The van der Waals surface area contributed by atoms with Gasteiger partial charge in [0.1, 0.15) is 11.2 Å². The van der Waals surface area contributed by atoms with E-state index in [-0.39, 0.29) is 37.5 Å². The van der Waals surface area contributed by atoms with Gasteiger partial charge in [0.2, 0.25) is 5.91 Å². The van der Waals surface area contributed by atoms with Crippen molar-refractivity contribution in [2.24, 2.45) is 0 Å². The van der Waals surface area contributed by atoms with E-state index in [1.807, 2.05) is 48.5 Å². The van der Waals surface area contributed by atoms with Gasteiger partial charge in [0.05, 0.1) is 18.1 Å². The Morgan fingerprint density at radius 3 is 2.53 bits per heavy atom. The Morgan fingerprint density at radius 1 is 1.05 bits per heavy atom. The molecule has 1 unspecified atom stereocenters. The van der Waals surface area contributed by atoms with Crippen molar-refractivity contribution in [3.05, 3.63) is 77.4 Å². The van der Waals surface area contributed by atoms with Crippen LogP contribution in [0.5, 0.6) is 0 Å². The normalized spacial score (nSPS) is 21.1. The van der Waals surface area contributed by atoms with Crippen LogP contribution in [0.4, 0.5) is 4.39 Å². The second kappa shape index (κ2) is 9.81. The first kappa shape index (κ1) is 25.8. The number of pyridine rings is 1. The molecule has 0 radical (unpaired) electrons. The Morgan fingerprint density at radius 2 is 1.76 bits per heavy atom. The van der Waals surface area contributed by atoms with Crippen molar-refractivity contribution < 1.29 is 14.0 Å². The number of rotatable bonds is 6. The molecule has 0 spiro atoms. The van der Waals surface area contributed by atoms with Crippen molar-refractivity contribution in [2.45, 2.75) is 50.7 Å². The zero-order valence-corrected chi connectivity index (χ0v) is 22.1. The largest absolute Gasteiger partial charge is 0.321 e. The van der Waals surface area contributed by atoms with Gasteiger partial charge in [0, 0.05) is 41.4 Å². The summed E-state index contributed by atoms with van der Waals surface area (Å²) in [4.78, 5) is 32.1. The lowest BCUT2D eigenvalue weighted by Gasteiger charge is -2.31. The molecule has 5 nitrogen and oxygen atoms in total. The molecule has 5 rings (SSSR count). The molecular weight excluding hydrogens is 501 g/mol. The lowest BCUT2D eigenvalue weighted by molar-refractivity contribution is -0.134. The van der Waals surface area contributed by atoms with Crippen LogP contribution in [0.15, 0.2) is 66.9 Å². The van der Waals surface area contributed by atoms with Crippen LogP contribution in [0.25, 0.3) is 32.8 Å². The van der Waals surface area contributed by atoms with Crippen molar-refractivity contribution in [3.8, 4) is 17.2 Å². The summed E-state index contributed by atoms with van der Waals surface area (Å²) in [7, 11) is 0. The second-order valence-electron chi connectivity index (χ2n) is 10.3. The van der Waals surface area contributed by atoms with Crippen LogP contribution in [-0.2, 0) is 4.79 Å². The fourth-order valence-corrected chi connectivity index (χ4v) is 5.70. The molecule has 0 N–H and O–H groups in total. The maximum absolute atomic E-state index is 14.8. The minimum atomic E-state index is -1.63. The molecule has 0 aliphatic carbocycles. The van der Waals surface area contributed by atoms with Crippen LogP contribution >= 0.6 is 11.6 Å². The monoisotopic (exact) mass is 527 g/mol. The summed E-state index contributed by atoms with van der Waals surface area (Å²) in [6.45, 7) is 3.06. The van der Waals surface area contributed by atoms with Gasteiger partial charge in [-0.2, -0.15) is 5.26 Å². The summed E-state index contributed by atoms with van der Waals surface area (Å²) in [5, 5.41) is 13.2. The molecule has 1 amide bonds. The number of benzene rings is 3. The van der Waals surface area contributed by atoms with Crippen LogP contribution in [0, 0.1) is 11.3 Å². The average molecular weight is 528 g/mol. The number of alkyl halides is 1. The van der Waals surface area contributed by atoms with Gasteiger partial charge in [-0.25, -0.2) is 4.39 Å². The highest BCUT2D eigenvalue weighted by atomic mass is 35.5. The molecule has 0 bridgehead atoms. The third-order valence-corrected chi connectivity index (χ3v) is 7.74. The topological polar surface area (TPSA) is 74.1 Å². The van der Waals surface area contributed by atoms with Crippen molar-refractivity contribution in [3.63, 3.8) is 0 Å². The molecule has 2 heterocycles. The predicted molar refractivity (Wildman–Crippen MR) is 148 cm³/mol. The number of fused-ring (bicyclic) bond motifs is 2. The third-order valence-electron chi connectivity index (χ3n) is 7.50. The standard InChI is InChI=1S/C31H27ClFN3O2/c1-3-31(18-34)17-30(2,33)19-36(31)29(38)11-10-28(37)25-12-13-35-27-9-7-23(16-26(25)27)20-4-5-22-15-24(32)8-6-21(22)14-20/h4-9,12-16H,3,10-11,17,19H2,1-2H3/t30?,31-/m0/s1. The highest BCUT2D eigenvalue weighted by molar-refractivity contribution is 6.31. The van der Waals surface area contributed by atoms with Gasteiger partial charge >= 0.3 is 0 Å². The van der Waals surface area contributed by atoms with Gasteiger partial charge in [0.25, 0.3) is 0 Å². The van der Waals surface area contributed by atoms with E-state index in [4.69, 9.17) is 11.6 Å². The average Bonchev–Trinajstić information content (AvgIpc) is 3.21. The Bertz CT molecular complexity index is 1630. The van der Waals surface area contributed by atoms with Gasteiger partial charge in [0.15, 0.2) is 5.78 Å². The highest BCUT2D eigenvalue weighted by Gasteiger charge is 2.53. The summed E-state index contributed by atoms with van der Waals surface area (Å²) in [5.41, 5.74) is 0.297. The summed E-state index contributed by atoms with van der Waals surface area (Å²) in [6, 6.07) is 21.5. The van der Waals surface area contributed by atoms with Crippen LogP contribution in [0.1, 0.15) is 49.9 Å². The van der Waals surface area contributed by atoms with Gasteiger partial charge in [-0.15, -0.1) is 0 Å². The number of ketones is 1. The zero-order chi connectivity index (χ0) is 27.1. The number of halogens is 2. The fourth-order valence-electron chi connectivity index (χ4n) is 5.52. The Balaban J connectivity index is 1.40. The first-order chi connectivity index (χ1) is 18.1. The first-order valence-corrected chi connectivity index (χ1v) is 13.0. The van der Waals surface area contributed by atoms with E-state index >= 15 is 0 Å². The molecular formula is C31H27ClFN3O2. The molecule has 1 saturated heterocycles. The molecule has 4 aromatic rings. The van der Waals surface area contributed by atoms with E-state index in [2.05, 4.69) is 17.1 Å². The number of carbonyl (C=O) groups is 2. The van der Waals surface area contributed by atoms with Crippen LogP contribution < -0.4 is 0 Å². The number of likely N-dealkylation sites (tertiary alicyclic amines) is 1. The Kier molecular flexibility index (Phi) is 6.66. The SMILES string of the molecule is CC[C@@]1(C#N)CC(C)(F)CN1C(=O)CCC(=O)c1ccnc2ccc(-c3ccc4cc(Cl)ccc4c3)cc12. The third kappa shape index (κ3) is 4.75. The molecule has 192 valence electrons. The number of nitrogens with zero attached hydrogens (tertiary/aromatic N) is 3. The van der Waals surface area contributed by atoms with Gasteiger partial charge in [-0.3, -0.25) is 14.6 Å². The van der Waals surface area contributed by atoms with Crippen LogP contribution in [0.3, 0.4) is 0 Å². The Labute approximate surface area is 225 Å². The lowest BCUT2D eigenvalue weighted by Crippen LogP contribution is -2.46. The molecule has 0 saturated carbocycles. The summed E-state index contributed by atoms with van der Waals surface area (Å²) in [5.74, 6) is -0.573. The molecule has 2 atom stereocenters. The predicted octanol–water partition coefficient (Wildman–Crippen LogP) is 7.30. The van der Waals surface area contributed by atoms with E-state index in [0.29, 0.717) is 27.9 Å². The smallest absolute Gasteiger partial charge is 0.224 e. The van der Waals surface area contributed by atoms with Gasteiger partial charge in [-0.1, -0.05) is 42.8 Å². The first-order valence-electron chi connectivity index (χ1n) is 12.7. The van der Waals surface area contributed by atoms with E-state index < -0.39 is 11.2 Å². The van der Waals surface area contributed by atoms with Gasteiger partial charge in [-0.05, 0) is 71.6 Å². The zero-order valence-electron chi connectivity index (χ0n) is 21.3. The molecule has 1 aliphatic rings. The van der Waals surface area contributed by atoms with Crippen molar-refractivity contribution in [1.82, 2.24) is 9.88 Å². The number of aromatic nitrogens is 1. The van der Waals surface area contributed by atoms with Crippen LogP contribution in [0.2, 0.25) is 5.02 Å². The second-order valence-corrected chi connectivity index (χ2v) is 10.7. The summed E-state index contributed by atoms with van der Waals surface area (Å²) in [6.07, 6.45) is 1.77.